The molecule has 0 bridgehead atoms. The number of halogens is 2. The van der Waals surface area contributed by atoms with E-state index in [4.69, 9.17) is 23.2 Å². The lowest BCUT2D eigenvalue weighted by Crippen LogP contribution is -2.29. The van der Waals surface area contributed by atoms with Crippen LogP contribution in [0.4, 0.5) is 0 Å². The summed E-state index contributed by atoms with van der Waals surface area (Å²) in [7, 11) is 0. The molecule has 0 amide bonds. The maximum atomic E-state index is 6.36. The molecule has 1 N–H and O–H groups in total. The van der Waals surface area contributed by atoms with Gasteiger partial charge in [0.1, 0.15) is 5.01 Å². The van der Waals surface area contributed by atoms with Crippen molar-refractivity contribution < 1.29 is 0 Å². The summed E-state index contributed by atoms with van der Waals surface area (Å²) < 4.78 is 0. The molecule has 0 aliphatic carbocycles. The van der Waals surface area contributed by atoms with Gasteiger partial charge in [-0.2, -0.15) is 0 Å². The van der Waals surface area contributed by atoms with Crippen molar-refractivity contribution in [3.05, 3.63) is 49.4 Å². The van der Waals surface area contributed by atoms with E-state index in [1.54, 1.807) is 17.4 Å². The van der Waals surface area contributed by atoms with Crippen LogP contribution in [-0.2, 0) is 0 Å². The first-order chi connectivity index (χ1) is 9.38. The summed E-state index contributed by atoms with van der Waals surface area (Å²) in [5.41, 5.74) is 2.09. The highest BCUT2D eigenvalue weighted by Gasteiger charge is 2.21. The normalized spacial score (nSPS) is 12.9. The molecule has 1 heterocycles. The number of nitrogens with one attached hydrogen (secondary N) is 1. The van der Waals surface area contributed by atoms with E-state index in [1.807, 2.05) is 19.1 Å². The summed E-state index contributed by atoms with van der Waals surface area (Å²) in [6, 6.07) is 5.94. The molecular formula is C15H18Cl2N2S. The fourth-order valence-electron chi connectivity index (χ4n) is 1.98. The van der Waals surface area contributed by atoms with Crippen molar-refractivity contribution in [2.45, 2.75) is 39.8 Å². The molecule has 1 atom stereocenters. The standard InChI is InChI=1S/C15H18Cl2N2S/c1-8(2)18-14(15-19-9(3)10(4)20-15)12-6-5-11(16)7-13(12)17/h5-8,14,18H,1-4H3. The molecule has 0 aliphatic heterocycles. The molecule has 2 rings (SSSR count). The largest absolute Gasteiger partial charge is 0.302 e. The van der Waals surface area contributed by atoms with Gasteiger partial charge in [0.15, 0.2) is 0 Å². The van der Waals surface area contributed by atoms with Gasteiger partial charge in [0.25, 0.3) is 0 Å². The molecular weight excluding hydrogens is 311 g/mol. The van der Waals surface area contributed by atoms with Gasteiger partial charge in [-0.15, -0.1) is 11.3 Å². The smallest absolute Gasteiger partial charge is 0.115 e. The van der Waals surface area contributed by atoms with Crippen molar-refractivity contribution in [1.29, 1.82) is 0 Å². The van der Waals surface area contributed by atoms with E-state index in [9.17, 15) is 0 Å². The van der Waals surface area contributed by atoms with Gasteiger partial charge in [-0.1, -0.05) is 29.3 Å². The molecule has 20 heavy (non-hydrogen) atoms. The maximum Gasteiger partial charge on any atom is 0.115 e. The van der Waals surface area contributed by atoms with Crippen molar-refractivity contribution in [3.8, 4) is 0 Å². The molecule has 1 unspecified atom stereocenters. The Kier molecular flexibility index (Phi) is 5.08. The van der Waals surface area contributed by atoms with Gasteiger partial charge in [0.05, 0.1) is 11.7 Å². The van der Waals surface area contributed by atoms with E-state index in [0.29, 0.717) is 16.1 Å². The van der Waals surface area contributed by atoms with Crippen LogP contribution in [0.2, 0.25) is 10.0 Å². The van der Waals surface area contributed by atoms with E-state index in [2.05, 4.69) is 31.1 Å². The Balaban J connectivity index is 2.46. The Morgan fingerprint density at radius 1 is 1.20 bits per heavy atom. The number of aromatic nitrogens is 1. The van der Waals surface area contributed by atoms with E-state index in [-0.39, 0.29) is 6.04 Å². The fraction of sp³-hybridized carbons (Fsp3) is 0.400. The minimum Gasteiger partial charge on any atom is -0.302 e. The van der Waals surface area contributed by atoms with Gasteiger partial charge in [-0.25, -0.2) is 4.98 Å². The van der Waals surface area contributed by atoms with Crippen molar-refractivity contribution in [2.75, 3.05) is 0 Å². The maximum absolute atomic E-state index is 6.36. The van der Waals surface area contributed by atoms with Crippen molar-refractivity contribution in [1.82, 2.24) is 10.3 Å². The number of aryl methyl sites for hydroxylation is 2. The van der Waals surface area contributed by atoms with E-state index in [0.717, 1.165) is 16.3 Å². The highest BCUT2D eigenvalue weighted by atomic mass is 35.5. The summed E-state index contributed by atoms with van der Waals surface area (Å²) >= 11 is 14.0. The average molecular weight is 329 g/mol. The Morgan fingerprint density at radius 3 is 2.40 bits per heavy atom. The number of thiazole rings is 1. The number of benzene rings is 1. The van der Waals surface area contributed by atoms with Crippen LogP contribution >= 0.6 is 34.5 Å². The fourth-order valence-corrected chi connectivity index (χ4v) is 3.50. The van der Waals surface area contributed by atoms with Crippen LogP contribution in [0.25, 0.3) is 0 Å². The van der Waals surface area contributed by atoms with Crippen molar-refractivity contribution >= 4 is 34.5 Å². The molecule has 1 aromatic heterocycles. The van der Waals surface area contributed by atoms with Gasteiger partial charge in [-0.3, -0.25) is 0 Å². The molecule has 0 aliphatic rings. The third-order valence-corrected chi connectivity index (χ3v) is 4.77. The first-order valence-corrected chi connectivity index (χ1v) is 8.10. The second kappa shape index (κ2) is 6.44. The average Bonchev–Trinajstić information content (AvgIpc) is 2.67. The lowest BCUT2D eigenvalue weighted by atomic mass is 10.1. The zero-order valence-electron chi connectivity index (χ0n) is 12.0. The minimum absolute atomic E-state index is 0.00262. The number of nitrogens with zero attached hydrogens (tertiary/aromatic N) is 1. The molecule has 0 radical (unpaired) electrons. The van der Waals surface area contributed by atoms with Crippen LogP contribution in [0.3, 0.4) is 0 Å². The van der Waals surface area contributed by atoms with Gasteiger partial charge < -0.3 is 5.32 Å². The monoisotopic (exact) mass is 328 g/mol. The predicted molar refractivity (Wildman–Crippen MR) is 88.2 cm³/mol. The van der Waals surface area contributed by atoms with Crippen LogP contribution < -0.4 is 5.32 Å². The summed E-state index contributed by atoms with van der Waals surface area (Å²) in [5, 5.41) is 5.89. The second-order valence-corrected chi connectivity index (χ2v) is 7.19. The van der Waals surface area contributed by atoms with E-state index < -0.39 is 0 Å². The molecule has 0 spiro atoms. The number of hydrogen-bond donors (Lipinski definition) is 1. The third kappa shape index (κ3) is 3.53. The molecule has 0 fully saturated rings. The molecule has 108 valence electrons. The number of rotatable bonds is 4. The molecule has 5 heteroatoms. The highest BCUT2D eigenvalue weighted by molar-refractivity contribution is 7.11. The lowest BCUT2D eigenvalue weighted by molar-refractivity contribution is 0.526. The van der Waals surface area contributed by atoms with Gasteiger partial charge in [-0.05, 0) is 45.4 Å². The Morgan fingerprint density at radius 2 is 1.90 bits per heavy atom. The van der Waals surface area contributed by atoms with Gasteiger partial charge >= 0.3 is 0 Å². The molecule has 2 nitrogen and oxygen atoms in total. The summed E-state index contributed by atoms with van der Waals surface area (Å²) in [6.07, 6.45) is 0. The van der Waals surface area contributed by atoms with Crippen LogP contribution in [-0.4, -0.2) is 11.0 Å². The quantitative estimate of drug-likeness (QED) is 0.839. The summed E-state index contributed by atoms with van der Waals surface area (Å²) in [4.78, 5) is 5.90. The molecule has 0 saturated carbocycles. The molecule has 2 aromatic rings. The van der Waals surface area contributed by atoms with Crippen LogP contribution in [0, 0.1) is 13.8 Å². The Hall–Kier alpha value is -0.610. The Bertz CT molecular complexity index is 588. The van der Waals surface area contributed by atoms with E-state index >= 15 is 0 Å². The second-order valence-electron chi connectivity index (χ2n) is 5.11. The first-order valence-electron chi connectivity index (χ1n) is 6.53. The van der Waals surface area contributed by atoms with Gasteiger partial charge in [0, 0.05) is 21.0 Å². The van der Waals surface area contributed by atoms with E-state index in [1.165, 1.54) is 4.88 Å². The lowest BCUT2D eigenvalue weighted by Gasteiger charge is -2.21. The summed E-state index contributed by atoms with van der Waals surface area (Å²) in [6.45, 7) is 8.35. The Labute approximate surface area is 134 Å². The highest BCUT2D eigenvalue weighted by Crippen LogP contribution is 2.33. The van der Waals surface area contributed by atoms with Crippen molar-refractivity contribution in [3.63, 3.8) is 0 Å². The third-order valence-electron chi connectivity index (χ3n) is 3.07. The summed E-state index contributed by atoms with van der Waals surface area (Å²) in [5.74, 6) is 0. The number of hydrogen-bond acceptors (Lipinski definition) is 3. The molecule has 1 aromatic carbocycles. The van der Waals surface area contributed by atoms with Crippen molar-refractivity contribution in [2.24, 2.45) is 0 Å². The van der Waals surface area contributed by atoms with Crippen LogP contribution in [0.1, 0.15) is 41.0 Å². The topological polar surface area (TPSA) is 24.9 Å². The molecule has 0 saturated heterocycles. The zero-order valence-corrected chi connectivity index (χ0v) is 14.3. The van der Waals surface area contributed by atoms with Crippen LogP contribution in [0.5, 0.6) is 0 Å². The SMILES string of the molecule is Cc1nc(C(NC(C)C)c2ccc(Cl)cc2Cl)sc1C. The minimum atomic E-state index is -0.00262. The zero-order chi connectivity index (χ0) is 14.9. The predicted octanol–water partition coefficient (Wildman–Crippen LogP) is 5.15. The first kappa shape index (κ1) is 15.8. The van der Waals surface area contributed by atoms with Gasteiger partial charge in [0.2, 0.25) is 0 Å². The van der Waals surface area contributed by atoms with Crippen LogP contribution in [0.15, 0.2) is 18.2 Å².